The van der Waals surface area contributed by atoms with E-state index in [2.05, 4.69) is 10.1 Å². The third-order valence-corrected chi connectivity index (χ3v) is 2.63. The zero-order valence-electron chi connectivity index (χ0n) is 10.6. The van der Waals surface area contributed by atoms with Crippen LogP contribution in [-0.2, 0) is 4.74 Å². The number of nitrogen functional groups attached to an aromatic ring is 1. The Balaban J connectivity index is 2.21. The highest BCUT2D eigenvalue weighted by atomic mass is 16.5. The molecule has 1 aromatic heterocycles. The molecule has 1 unspecified atom stereocenters. The fourth-order valence-electron chi connectivity index (χ4n) is 1.68. The minimum Gasteiger partial charge on any atom is -0.399 e. The van der Waals surface area contributed by atoms with E-state index < -0.39 is 0 Å². The molecule has 0 spiro atoms. The van der Waals surface area contributed by atoms with E-state index in [1.165, 1.54) is 0 Å². The van der Waals surface area contributed by atoms with Gasteiger partial charge in [0.2, 0.25) is 5.82 Å². The fourth-order valence-corrected chi connectivity index (χ4v) is 1.68. The van der Waals surface area contributed by atoms with Crippen LogP contribution >= 0.6 is 0 Å². The lowest BCUT2D eigenvalue weighted by Crippen LogP contribution is -2.04. The molecule has 18 heavy (non-hydrogen) atoms. The summed E-state index contributed by atoms with van der Waals surface area (Å²) in [7, 11) is 0. The lowest BCUT2D eigenvalue weighted by atomic mass is 10.2. The van der Waals surface area contributed by atoms with Gasteiger partial charge in [-0.2, -0.15) is 4.98 Å². The van der Waals surface area contributed by atoms with Gasteiger partial charge >= 0.3 is 0 Å². The van der Waals surface area contributed by atoms with Crippen molar-refractivity contribution in [2.45, 2.75) is 26.4 Å². The predicted octanol–water partition coefficient (Wildman–Crippen LogP) is 2.81. The summed E-state index contributed by atoms with van der Waals surface area (Å²) in [6.07, 6.45) is 0.704. The van der Waals surface area contributed by atoms with Crippen LogP contribution in [0.1, 0.15) is 32.2 Å². The molecule has 1 aromatic carbocycles. The van der Waals surface area contributed by atoms with E-state index in [0.29, 0.717) is 24.0 Å². The molecule has 5 nitrogen and oxygen atoms in total. The second kappa shape index (κ2) is 5.64. The van der Waals surface area contributed by atoms with Crippen molar-refractivity contribution in [2.75, 3.05) is 12.3 Å². The zero-order valence-corrected chi connectivity index (χ0v) is 10.6. The van der Waals surface area contributed by atoms with Crippen LogP contribution in [0.4, 0.5) is 5.69 Å². The first-order valence-corrected chi connectivity index (χ1v) is 6.05. The zero-order chi connectivity index (χ0) is 13.0. The van der Waals surface area contributed by atoms with Gasteiger partial charge in [0.05, 0.1) is 0 Å². The van der Waals surface area contributed by atoms with Crippen LogP contribution in [0.2, 0.25) is 0 Å². The van der Waals surface area contributed by atoms with E-state index in [9.17, 15) is 0 Å². The normalized spacial score (nSPS) is 12.6. The molecule has 2 aromatic rings. The van der Waals surface area contributed by atoms with Crippen molar-refractivity contribution in [3.8, 4) is 11.5 Å². The molecule has 5 heteroatoms. The number of rotatable bonds is 5. The number of anilines is 1. The first-order valence-electron chi connectivity index (χ1n) is 6.05. The summed E-state index contributed by atoms with van der Waals surface area (Å²) in [4.78, 5) is 4.36. The summed E-state index contributed by atoms with van der Waals surface area (Å²) < 4.78 is 10.8. The molecule has 2 N–H and O–H groups in total. The molecule has 1 heterocycles. The number of nitrogens with zero attached hydrogens (tertiary/aromatic N) is 2. The van der Waals surface area contributed by atoms with Crippen molar-refractivity contribution < 1.29 is 9.26 Å². The molecule has 0 saturated heterocycles. The van der Waals surface area contributed by atoms with Crippen LogP contribution in [0.25, 0.3) is 11.5 Å². The highest BCUT2D eigenvalue weighted by Crippen LogP contribution is 2.23. The van der Waals surface area contributed by atoms with Crippen LogP contribution in [0.3, 0.4) is 0 Å². The number of nitrogens with two attached hydrogens (primary N) is 1. The van der Waals surface area contributed by atoms with Crippen molar-refractivity contribution in [1.29, 1.82) is 0 Å². The smallest absolute Gasteiger partial charge is 0.258 e. The largest absolute Gasteiger partial charge is 0.399 e. The highest BCUT2D eigenvalue weighted by Gasteiger charge is 2.17. The minimum atomic E-state index is -0.110. The first-order chi connectivity index (χ1) is 8.74. The molecular formula is C13H17N3O2. The monoisotopic (exact) mass is 247 g/mol. The van der Waals surface area contributed by atoms with Crippen LogP contribution in [-0.4, -0.2) is 16.7 Å². The second-order valence-corrected chi connectivity index (χ2v) is 3.93. The lowest BCUT2D eigenvalue weighted by molar-refractivity contribution is 0.0518. The molecule has 0 amide bonds. The summed E-state index contributed by atoms with van der Waals surface area (Å²) in [5.74, 6) is 1.08. The molecule has 0 saturated carbocycles. The van der Waals surface area contributed by atoms with E-state index in [1.54, 1.807) is 12.1 Å². The summed E-state index contributed by atoms with van der Waals surface area (Å²) in [5.41, 5.74) is 7.20. The van der Waals surface area contributed by atoms with Crippen molar-refractivity contribution in [2.24, 2.45) is 0 Å². The summed E-state index contributed by atoms with van der Waals surface area (Å²) in [6, 6.07) is 7.32. The Morgan fingerprint density at radius 1 is 1.28 bits per heavy atom. The minimum absolute atomic E-state index is 0.110. The van der Waals surface area contributed by atoms with Crippen molar-refractivity contribution in [3.05, 3.63) is 30.1 Å². The van der Waals surface area contributed by atoms with Gasteiger partial charge in [0.1, 0.15) is 6.10 Å². The Morgan fingerprint density at radius 3 is 2.61 bits per heavy atom. The molecule has 0 bridgehead atoms. The van der Waals surface area contributed by atoms with E-state index in [1.807, 2.05) is 26.0 Å². The number of ether oxygens (including phenoxy) is 1. The van der Waals surface area contributed by atoms with Gasteiger partial charge in [-0.25, -0.2) is 0 Å². The Kier molecular flexibility index (Phi) is 3.94. The van der Waals surface area contributed by atoms with E-state index >= 15 is 0 Å². The average molecular weight is 247 g/mol. The second-order valence-electron chi connectivity index (χ2n) is 3.93. The Bertz CT molecular complexity index is 493. The summed E-state index contributed by atoms with van der Waals surface area (Å²) in [6.45, 7) is 4.60. The lowest BCUT2D eigenvalue weighted by Gasteiger charge is -2.09. The SMILES string of the molecule is CCOC(CC)c1noc(-c2ccc(N)cc2)n1. The van der Waals surface area contributed by atoms with E-state index in [0.717, 1.165) is 12.0 Å². The molecule has 1 atom stereocenters. The molecule has 2 rings (SSSR count). The average Bonchev–Trinajstić information content (AvgIpc) is 2.86. The summed E-state index contributed by atoms with van der Waals surface area (Å²) >= 11 is 0. The van der Waals surface area contributed by atoms with Crippen LogP contribution < -0.4 is 5.73 Å². The predicted molar refractivity (Wildman–Crippen MR) is 68.8 cm³/mol. The molecule has 0 aliphatic rings. The number of benzene rings is 1. The maximum atomic E-state index is 5.63. The van der Waals surface area contributed by atoms with Crippen molar-refractivity contribution in [1.82, 2.24) is 10.1 Å². The Morgan fingerprint density at radius 2 is 2.00 bits per heavy atom. The molecular weight excluding hydrogens is 230 g/mol. The first kappa shape index (κ1) is 12.6. The Hall–Kier alpha value is -1.88. The third kappa shape index (κ3) is 2.68. The molecule has 0 aliphatic heterocycles. The van der Waals surface area contributed by atoms with Gasteiger partial charge in [0, 0.05) is 17.9 Å². The third-order valence-electron chi connectivity index (χ3n) is 2.63. The van der Waals surface area contributed by atoms with Crippen molar-refractivity contribution in [3.63, 3.8) is 0 Å². The van der Waals surface area contributed by atoms with Gasteiger partial charge in [0.15, 0.2) is 0 Å². The summed E-state index contributed by atoms with van der Waals surface area (Å²) in [5, 5.41) is 3.96. The van der Waals surface area contributed by atoms with Gasteiger partial charge in [-0.05, 0) is 37.6 Å². The number of hydrogen-bond donors (Lipinski definition) is 1. The van der Waals surface area contributed by atoms with Gasteiger partial charge in [-0.1, -0.05) is 12.1 Å². The topological polar surface area (TPSA) is 74.2 Å². The van der Waals surface area contributed by atoms with Gasteiger partial charge < -0.3 is 15.0 Å². The van der Waals surface area contributed by atoms with Gasteiger partial charge in [-0.3, -0.25) is 0 Å². The van der Waals surface area contributed by atoms with Crippen LogP contribution in [0, 0.1) is 0 Å². The standard InChI is InChI=1S/C13H17N3O2/c1-3-11(17-4-2)12-15-13(18-16-12)9-5-7-10(14)8-6-9/h5-8,11H,3-4,14H2,1-2H3. The quantitative estimate of drug-likeness (QED) is 0.822. The number of aromatic nitrogens is 2. The van der Waals surface area contributed by atoms with Gasteiger partial charge in [-0.15, -0.1) is 0 Å². The van der Waals surface area contributed by atoms with Crippen LogP contribution in [0.5, 0.6) is 0 Å². The highest BCUT2D eigenvalue weighted by molar-refractivity contribution is 5.56. The molecule has 0 fully saturated rings. The van der Waals surface area contributed by atoms with Gasteiger partial charge in [0.25, 0.3) is 5.89 Å². The molecule has 0 radical (unpaired) electrons. The number of hydrogen-bond acceptors (Lipinski definition) is 5. The Labute approximate surface area is 106 Å². The maximum Gasteiger partial charge on any atom is 0.258 e. The fraction of sp³-hybridized carbons (Fsp3) is 0.385. The van der Waals surface area contributed by atoms with E-state index in [4.69, 9.17) is 15.0 Å². The van der Waals surface area contributed by atoms with E-state index in [-0.39, 0.29) is 6.10 Å². The molecule has 96 valence electrons. The van der Waals surface area contributed by atoms with Crippen molar-refractivity contribution >= 4 is 5.69 Å². The van der Waals surface area contributed by atoms with Crippen LogP contribution in [0.15, 0.2) is 28.8 Å². The molecule has 0 aliphatic carbocycles. The maximum absolute atomic E-state index is 5.63.